The minimum absolute atomic E-state index is 0.144. The van der Waals surface area contributed by atoms with Crippen LogP contribution >= 0.6 is 0 Å². The summed E-state index contributed by atoms with van der Waals surface area (Å²) in [7, 11) is 0. The van der Waals surface area contributed by atoms with Crippen molar-refractivity contribution in [2.24, 2.45) is 0 Å². The van der Waals surface area contributed by atoms with E-state index in [1.165, 1.54) is 23.3 Å². The van der Waals surface area contributed by atoms with E-state index >= 15 is 0 Å². The van der Waals surface area contributed by atoms with Gasteiger partial charge in [-0.05, 0) is 95.5 Å². The number of nitrogens with two attached hydrogens (primary N) is 1. The van der Waals surface area contributed by atoms with Crippen LogP contribution in [0.15, 0.2) is 60.7 Å². The SMILES string of the molecule is CCCc1cc(N)nc(C)c1CNC(=O)c1ccc2c(c1)Cc1cc(-c3ccc(F)cc3F)ccc1C2. The highest BCUT2D eigenvalue weighted by Gasteiger charge is 2.19. The van der Waals surface area contributed by atoms with Crippen LogP contribution in [0.2, 0.25) is 0 Å². The number of benzene rings is 3. The van der Waals surface area contributed by atoms with Gasteiger partial charge in [-0.3, -0.25) is 4.79 Å². The smallest absolute Gasteiger partial charge is 0.251 e. The third-order valence-electron chi connectivity index (χ3n) is 7.07. The van der Waals surface area contributed by atoms with Crippen LogP contribution in [0.1, 0.15) is 62.8 Å². The Morgan fingerprint density at radius 1 is 0.946 bits per heavy atom. The van der Waals surface area contributed by atoms with Crippen LogP contribution in [0, 0.1) is 18.6 Å². The molecule has 4 nitrogen and oxygen atoms in total. The minimum atomic E-state index is -0.594. The Balaban J connectivity index is 1.35. The number of aromatic nitrogens is 1. The zero-order valence-corrected chi connectivity index (χ0v) is 21.0. The Labute approximate surface area is 215 Å². The molecule has 1 aliphatic carbocycles. The number of rotatable bonds is 6. The number of pyridine rings is 1. The van der Waals surface area contributed by atoms with Gasteiger partial charge < -0.3 is 11.1 Å². The van der Waals surface area contributed by atoms with E-state index in [4.69, 9.17) is 5.73 Å². The molecule has 0 aliphatic heterocycles. The fourth-order valence-electron chi connectivity index (χ4n) is 5.16. The molecule has 188 valence electrons. The summed E-state index contributed by atoms with van der Waals surface area (Å²) >= 11 is 0. The zero-order chi connectivity index (χ0) is 26.1. The first-order valence-corrected chi connectivity index (χ1v) is 12.5. The second-order valence-corrected chi connectivity index (χ2v) is 9.65. The molecule has 1 aliphatic rings. The van der Waals surface area contributed by atoms with Crippen molar-refractivity contribution in [1.29, 1.82) is 0 Å². The molecule has 4 aromatic rings. The molecule has 0 unspecified atom stereocenters. The van der Waals surface area contributed by atoms with E-state index in [1.807, 2.05) is 49.4 Å². The van der Waals surface area contributed by atoms with Gasteiger partial charge in [0.15, 0.2) is 0 Å². The number of amides is 1. The fraction of sp³-hybridized carbons (Fsp3) is 0.226. The van der Waals surface area contributed by atoms with Gasteiger partial charge in [0.2, 0.25) is 0 Å². The van der Waals surface area contributed by atoms with E-state index < -0.39 is 11.6 Å². The third kappa shape index (κ3) is 5.10. The van der Waals surface area contributed by atoms with E-state index in [1.54, 1.807) is 0 Å². The van der Waals surface area contributed by atoms with Gasteiger partial charge in [0.05, 0.1) is 0 Å². The van der Waals surface area contributed by atoms with Gasteiger partial charge in [0, 0.05) is 29.4 Å². The number of hydrogen-bond acceptors (Lipinski definition) is 3. The summed E-state index contributed by atoms with van der Waals surface area (Å²) in [6, 6.07) is 17.2. The van der Waals surface area contributed by atoms with Crippen molar-refractivity contribution in [3.05, 3.63) is 117 Å². The van der Waals surface area contributed by atoms with Gasteiger partial charge in [-0.25, -0.2) is 13.8 Å². The molecule has 0 saturated carbocycles. The normalized spacial score (nSPS) is 12.1. The maximum absolute atomic E-state index is 14.4. The summed E-state index contributed by atoms with van der Waals surface area (Å²) in [5.74, 6) is -0.821. The summed E-state index contributed by atoms with van der Waals surface area (Å²) in [6.07, 6.45) is 3.24. The van der Waals surface area contributed by atoms with Crippen molar-refractivity contribution in [2.75, 3.05) is 5.73 Å². The highest BCUT2D eigenvalue weighted by atomic mass is 19.1. The number of fused-ring (bicyclic) bond motifs is 2. The summed E-state index contributed by atoms with van der Waals surface area (Å²) in [5.41, 5.74) is 15.1. The van der Waals surface area contributed by atoms with Crippen molar-refractivity contribution >= 4 is 11.7 Å². The molecule has 1 aromatic heterocycles. The molecule has 1 heterocycles. The number of anilines is 1. The summed E-state index contributed by atoms with van der Waals surface area (Å²) in [6.45, 7) is 4.41. The van der Waals surface area contributed by atoms with Gasteiger partial charge in [-0.15, -0.1) is 0 Å². The van der Waals surface area contributed by atoms with E-state index in [0.29, 0.717) is 35.5 Å². The first-order valence-electron chi connectivity index (χ1n) is 12.5. The fourth-order valence-corrected chi connectivity index (χ4v) is 5.16. The van der Waals surface area contributed by atoms with Crippen molar-refractivity contribution in [1.82, 2.24) is 10.3 Å². The Morgan fingerprint density at radius 2 is 1.68 bits per heavy atom. The monoisotopic (exact) mass is 497 g/mol. The number of nitrogens with zero attached hydrogens (tertiary/aromatic N) is 1. The summed E-state index contributed by atoms with van der Waals surface area (Å²) in [4.78, 5) is 17.4. The molecule has 1 amide bonds. The maximum atomic E-state index is 14.4. The van der Waals surface area contributed by atoms with Gasteiger partial charge in [0.25, 0.3) is 5.91 Å². The van der Waals surface area contributed by atoms with Crippen LogP contribution in [-0.2, 0) is 25.8 Å². The van der Waals surface area contributed by atoms with Gasteiger partial charge in [0.1, 0.15) is 17.5 Å². The lowest BCUT2D eigenvalue weighted by atomic mass is 9.83. The molecule has 37 heavy (non-hydrogen) atoms. The minimum Gasteiger partial charge on any atom is -0.384 e. The van der Waals surface area contributed by atoms with Crippen molar-refractivity contribution in [2.45, 2.75) is 46.1 Å². The molecule has 5 rings (SSSR count). The van der Waals surface area contributed by atoms with Gasteiger partial charge in [-0.1, -0.05) is 37.6 Å². The highest BCUT2D eigenvalue weighted by molar-refractivity contribution is 5.94. The average molecular weight is 498 g/mol. The van der Waals surface area contributed by atoms with Crippen LogP contribution < -0.4 is 11.1 Å². The number of aryl methyl sites for hydroxylation is 2. The van der Waals surface area contributed by atoms with Crippen molar-refractivity contribution < 1.29 is 13.6 Å². The zero-order valence-electron chi connectivity index (χ0n) is 21.0. The third-order valence-corrected chi connectivity index (χ3v) is 7.07. The molecule has 0 bridgehead atoms. The topological polar surface area (TPSA) is 68.0 Å². The largest absolute Gasteiger partial charge is 0.384 e. The lowest BCUT2D eigenvalue weighted by molar-refractivity contribution is 0.0950. The van der Waals surface area contributed by atoms with Crippen LogP contribution in [0.3, 0.4) is 0 Å². The van der Waals surface area contributed by atoms with Crippen LogP contribution in [0.4, 0.5) is 14.6 Å². The highest BCUT2D eigenvalue weighted by Crippen LogP contribution is 2.32. The summed E-state index contributed by atoms with van der Waals surface area (Å²) < 4.78 is 27.7. The Hall–Kier alpha value is -4.06. The first kappa shape index (κ1) is 24.6. The molecular weight excluding hydrogens is 468 g/mol. The molecule has 6 heteroatoms. The molecule has 0 atom stereocenters. The van der Waals surface area contributed by atoms with E-state index in [9.17, 15) is 13.6 Å². The van der Waals surface area contributed by atoms with E-state index in [0.717, 1.165) is 53.3 Å². The van der Waals surface area contributed by atoms with E-state index in [2.05, 4.69) is 17.2 Å². The molecule has 0 saturated heterocycles. The Kier molecular flexibility index (Phi) is 6.74. The predicted octanol–water partition coefficient (Wildman–Crippen LogP) is 6.29. The maximum Gasteiger partial charge on any atom is 0.251 e. The predicted molar refractivity (Wildman–Crippen MR) is 142 cm³/mol. The molecule has 0 spiro atoms. The number of hydrogen-bond donors (Lipinski definition) is 2. The Bertz CT molecular complexity index is 1510. The lowest BCUT2D eigenvalue weighted by Crippen LogP contribution is -2.25. The molecular formula is C31H29F2N3O. The average Bonchev–Trinajstić information content (AvgIpc) is 2.86. The van der Waals surface area contributed by atoms with Gasteiger partial charge >= 0.3 is 0 Å². The van der Waals surface area contributed by atoms with Crippen molar-refractivity contribution in [3.63, 3.8) is 0 Å². The Morgan fingerprint density at radius 3 is 2.43 bits per heavy atom. The number of nitrogens with one attached hydrogen (secondary N) is 1. The van der Waals surface area contributed by atoms with E-state index in [-0.39, 0.29) is 5.91 Å². The van der Waals surface area contributed by atoms with Crippen LogP contribution in [0.5, 0.6) is 0 Å². The number of carbonyl (C=O) groups is 1. The molecule has 0 radical (unpaired) electrons. The van der Waals surface area contributed by atoms with Crippen LogP contribution in [0.25, 0.3) is 11.1 Å². The quantitative estimate of drug-likeness (QED) is 0.290. The second kappa shape index (κ2) is 10.1. The molecule has 0 fully saturated rings. The number of nitrogen functional groups attached to an aromatic ring is 1. The molecule has 3 aromatic carbocycles. The number of halogens is 2. The number of carbonyl (C=O) groups excluding carboxylic acids is 1. The van der Waals surface area contributed by atoms with Gasteiger partial charge in [-0.2, -0.15) is 0 Å². The summed E-state index contributed by atoms with van der Waals surface area (Å²) in [5, 5.41) is 3.05. The van der Waals surface area contributed by atoms with Crippen molar-refractivity contribution in [3.8, 4) is 11.1 Å². The van der Waals surface area contributed by atoms with Crippen LogP contribution in [-0.4, -0.2) is 10.9 Å². The lowest BCUT2D eigenvalue weighted by Gasteiger charge is -2.21. The molecule has 3 N–H and O–H groups in total. The first-order chi connectivity index (χ1) is 17.8. The standard InChI is InChI=1S/C31H29F2N3O/c1-3-4-21-15-30(34)36-18(2)28(21)17-35-31(37)23-8-6-20-11-19-5-7-22(12-24(19)14-25(20)13-23)27-10-9-26(32)16-29(27)33/h5-10,12-13,15-16H,3-4,11,14,17H2,1-2H3,(H2,34,36)(H,35,37). The second-order valence-electron chi connectivity index (χ2n) is 9.65.